The second-order valence-electron chi connectivity index (χ2n) is 5.04. The van der Waals surface area contributed by atoms with Crippen molar-refractivity contribution in [1.82, 2.24) is 10.3 Å². The van der Waals surface area contributed by atoms with E-state index in [0.29, 0.717) is 5.52 Å². The van der Waals surface area contributed by atoms with Gasteiger partial charge in [-0.2, -0.15) is 0 Å². The molecule has 1 atom stereocenters. The Bertz CT molecular complexity index is 841. The summed E-state index contributed by atoms with van der Waals surface area (Å²) in [6, 6.07) is 10.9. The van der Waals surface area contributed by atoms with Gasteiger partial charge in [0.15, 0.2) is 11.7 Å². The second kappa shape index (κ2) is 7.22. The van der Waals surface area contributed by atoms with Gasteiger partial charge in [0.2, 0.25) is 12.4 Å². The number of pyridine rings is 1. The number of alkyl carbamates (subject to hydrolysis) is 1. The van der Waals surface area contributed by atoms with Crippen molar-refractivity contribution in [2.24, 2.45) is 0 Å². The number of ether oxygens (including phenoxy) is 1. The fourth-order valence-corrected chi connectivity index (χ4v) is 2.97. The standard InChI is InChI=1S/C16H14FN3O3S/c17-12(15-19-13-9-20(22)7-6-14(13)24-15)8-18-16(21)23-10-11-4-2-1-3-5-11/h1-7,9,12H,8,10H2,(H-,18,21,22)/p+1/t12-/m1/s1. The van der Waals surface area contributed by atoms with E-state index in [4.69, 9.17) is 4.74 Å². The van der Waals surface area contributed by atoms with E-state index in [1.54, 1.807) is 6.07 Å². The number of hydrogen-bond donors (Lipinski definition) is 2. The minimum absolute atomic E-state index is 0.126. The Hall–Kier alpha value is -2.74. The van der Waals surface area contributed by atoms with Crippen molar-refractivity contribution in [2.45, 2.75) is 12.8 Å². The molecule has 0 fully saturated rings. The zero-order valence-electron chi connectivity index (χ0n) is 12.6. The first kappa shape index (κ1) is 16.1. The molecule has 6 nitrogen and oxygen atoms in total. The number of halogens is 1. The van der Waals surface area contributed by atoms with Crippen LogP contribution in [0, 0.1) is 0 Å². The summed E-state index contributed by atoms with van der Waals surface area (Å²) in [5.41, 5.74) is 1.35. The Balaban J connectivity index is 1.52. The highest BCUT2D eigenvalue weighted by atomic mass is 32.1. The fourth-order valence-electron chi connectivity index (χ4n) is 2.05. The van der Waals surface area contributed by atoms with E-state index in [0.717, 1.165) is 15.0 Å². The fraction of sp³-hybridized carbons (Fsp3) is 0.188. The Morgan fingerprint density at radius 3 is 2.96 bits per heavy atom. The SMILES string of the molecule is O=C(NC[C@@H](F)c1nc2c[n+](O)ccc2s1)OCc1ccccc1. The second-order valence-corrected chi connectivity index (χ2v) is 6.10. The maximum atomic E-state index is 14.2. The number of aromatic nitrogens is 2. The first-order valence-corrected chi connectivity index (χ1v) is 8.03. The molecule has 2 aromatic heterocycles. The molecular weight excluding hydrogens is 333 g/mol. The summed E-state index contributed by atoms with van der Waals surface area (Å²) >= 11 is 1.17. The molecule has 3 rings (SSSR count). The van der Waals surface area contributed by atoms with Crippen molar-refractivity contribution < 1.29 is 23.9 Å². The molecule has 0 saturated carbocycles. The van der Waals surface area contributed by atoms with Gasteiger partial charge in [-0.05, 0) is 5.56 Å². The van der Waals surface area contributed by atoms with Crippen LogP contribution in [-0.2, 0) is 11.3 Å². The zero-order chi connectivity index (χ0) is 16.9. The van der Waals surface area contributed by atoms with Crippen LogP contribution in [0.2, 0.25) is 0 Å². The summed E-state index contributed by atoms with van der Waals surface area (Å²) in [4.78, 5) is 15.7. The Morgan fingerprint density at radius 2 is 2.17 bits per heavy atom. The van der Waals surface area contributed by atoms with Gasteiger partial charge in [-0.15, -0.1) is 11.3 Å². The lowest BCUT2D eigenvalue weighted by Crippen LogP contribution is -2.28. The average molecular weight is 348 g/mol. The molecule has 1 aromatic carbocycles. The minimum Gasteiger partial charge on any atom is -0.445 e. The van der Waals surface area contributed by atoms with Crippen LogP contribution in [0.25, 0.3) is 10.2 Å². The number of amides is 1. The van der Waals surface area contributed by atoms with Gasteiger partial charge in [-0.3, -0.25) is 5.21 Å². The van der Waals surface area contributed by atoms with E-state index < -0.39 is 12.3 Å². The number of hydrogen-bond acceptors (Lipinski definition) is 5. The zero-order valence-corrected chi connectivity index (χ0v) is 13.4. The van der Waals surface area contributed by atoms with Gasteiger partial charge >= 0.3 is 6.09 Å². The number of carbonyl (C=O) groups excluding carboxylic acids is 1. The molecule has 0 aliphatic heterocycles. The summed E-state index contributed by atoms with van der Waals surface area (Å²) in [7, 11) is 0. The highest BCUT2D eigenvalue weighted by Crippen LogP contribution is 2.27. The van der Waals surface area contributed by atoms with Gasteiger partial charge in [0.25, 0.3) is 0 Å². The number of thiazole rings is 1. The maximum absolute atomic E-state index is 14.2. The highest BCUT2D eigenvalue weighted by molar-refractivity contribution is 7.18. The molecule has 0 radical (unpaired) electrons. The molecule has 0 aliphatic rings. The molecule has 2 N–H and O–H groups in total. The summed E-state index contributed by atoms with van der Waals surface area (Å²) in [6.07, 6.45) is 0.704. The molecule has 24 heavy (non-hydrogen) atoms. The summed E-state index contributed by atoms with van der Waals surface area (Å²) < 4.78 is 20.8. The normalized spacial score (nSPS) is 12.0. The number of carbonyl (C=O) groups is 1. The predicted molar refractivity (Wildman–Crippen MR) is 85.5 cm³/mol. The average Bonchev–Trinajstić information content (AvgIpc) is 3.02. The lowest BCUT2D eigenvalue weighted by atomic mass is 10.2. The molecule has 0 spiro atoms. The molecule has 0 bridgehead atoms. The Labute approximate surface area is 141 Å². The Morgan fingerprint density at radius 1 is 1.38 bits per heavy atom. The third kappa shape index (κ3) is 3.96. The lowest BCUT2D eigenvalue weighted by molar-refractivity contribution is -0.904. The molecule has 3 aromatic rings. The number of nitrogens with one attached hydrogen (secondary N) is 1. The molecule has 1 amide bonds. The van der Waals surface area contributed by atoms with Crippen LogP contribution in [0.1, 0.15) is 16.7 Å². The first-order chi connectivity index (χ1) is 11.6. The van der Waals surface area contributed by atoms with Gasteiger partial charge in [0.05, 0.1) is 11.2 Å². The molecular formula is C16H15FN3O3S+. The van der Waals surface area contributed by atoms with Crippen molar-refractivity contribution in [2.75, 3.05) is 6.54 Å². The van der Waals surface area contributed by atoms with E-state index in [-0.39, 0.29) is 18.2 Å². The van der Waals surface area contributed by atoms with E-state index in [1.165, 1.54) is 23.7 Å². The smallest absolute Gasteiger partial charge is 0.407 e. The maximum Gasteiger partial charge on any atom is 0.407 e. The van der Waals surface area contributed by atoms with Crippen LogP contribution in [0.4, 0.5) is 9.18 Å². The van der Waals surface area contributed by atoms with Crippen LogP contribution in [0.5, 0.6) is 0 Å². The van der Waals surface area contributed by atoms with Crippen molar-refractivity contribution in [1.29, 1.82) is 0 Å². The first-order valence-electron chi connectivity index (χ1n) is 7.21. The van der Waals surface area contributed by atoms with E-state index in [1.807, 2.05) is 30.3 Å². The van der Waals surface area contributed by atoms with Gasteiger partial charge < -0.3 is 10.1 Å². The molecule has 0 saturated heterocycles. The quantitative estimate of drug-likeness (QED) is 0.549. The van der Waals surface area contributed by atoms with Gasteiger partial charge in [0, 0.05) is 10.8 Å². The van der Waals surface area contributed by atoms with Crippen LogP contribution in [0.15, 0.2) is 48.8 Å². The number of fused-ring (bicyclic) bond motifs is 1. The van der Waals surface area contributed by atoms with Crippen molar-refractivity contribution in [3.8, 4) is 0 Å². The Kier molecular flexibility index (Phi) is 4.85. The minimum atomic E-state index is -1.45. The number of nitrogens with zero attached hydrogens (tertiary/aromatic N) is 2. The van der Waals surface area contributed by atoms with Crippen LogP contribution in [-0.4, -0.2) is 22.8 Å². The summed E-state index contributed by atoms with van der Waals surface area (Å²) in [5.74, 6) is 0. The third-order valence-electron chi connectivity index (χ3n) is 3.24. The molecule has 0 aliphatic carbocycles. The van der Waals surface area contributed by atoms with E-state index in [9.17, 15) is 14.4 Å². The van der Waals surface area contributed by atoms with Crippen LogP contribution >= 0.6 is 11.3 Å². The number of alkyl halides is 1. The summed E-state index contributed by atoms with van der Waals surface area (Å²) in [5, 5.41) is 11.9. The molecule has 8 heteroatoms. The van der Waals surface area contributed by atoms with E-state index in [2.05, 4.69) is 10.3 Å². The van der Waals surface area contributed by atoms with Crippen molar-refractivity contribution in [3.63, 3.8) is 0 Å². The van der Waals surface area contributed by atoms with Crippen molar-refractivity contribution >= 4 is 27.6 Å². The van der Waals surface area contributed by atoms with Gasteiger partial charge in [0.1, 0.15) is 11.6 Å². The molecule has 0 unspecified atom stereocenters. The van der Waals surface area contributed by atoms with Gasteiger partial charge in [-0.1, -0.05) is 30.3 Å². The monoisotopic (exact) mass is 348 g/mol. The highest BCUT2D eigenvalue weighted by Gasteiger charge is 2.18. The molecule has 2 heterocycles. The number of benzene rings is 1. The molecule has 124 valence electrons. The van der Waals surface area contributed by atoms with Crippen LogP contribution in [0.3, 0.4) is 0 Å². The summed E-state index contributed by atoms with van der Waals surface area (Å²) in [6.45, 7) is -0.103. The lowest BCUT2D eigenvalue weighted by Gasteiger charge is -2.08. The third-order valence-corrected chi connectivity index (χ3v) is 4.36. The number of rotatable bonds is 5. The van der Waals surface area contributed by atoms with Crippen LogP contribution < -0.4 is 10.0 Å². The van der Waals surface area contributed by atoms with Crippen molar-refractivity contribution in [3.05, 3.63) is 59.4 Å². The van der Waals surface area contributed by atoms with Gasteiger partial charge in [-0.25, -0.2) is 14.2 Å². The van der Waals surface area contributed by atoms with E-state index >= 15 is 0 Å². The topological polar surface area (TPSA) is 75.3 Å². The largest absolute Gasteiger partial charge is 0.445 e. The predicted octanol–water partition coefficient (Wildman–Crippen LogP) is 2.76.